The minimum atomic E-state index is 0.798. The van der Waals surface area contributed by atoms with Crippen molar-refractivity contribution in [3.8, 4) is 0 Å². The van der Waals surface area contributed by atoms with Crippen LogP contribution >= 0.6 is 27.5 Å². The molecule has 1 N–H and O–H groups in total. The Morgan fingerprint density at radius 2 is 2.19 bits per heavy atom. The highest BCUT2D eigenvalue weighted by atomic mass is 79.9. The molecular weight excluding hydrogens is 289 g/mol. The first-order valence-electron chi connectivity index (χ1n) is 5.75. The second-order valence-electron chi connectivity index (χ2n) is 3.60. The fourth-order valence-corrected chi connectivity index (χ4v) is 2.20. The maximum Gasteiger partial charge on any atom is 0.0863 e. The van der Waals surface area contributed by atoms with E-state index in [1.807, 2.05) is 4.68 Å². The molecule has 0 radical (unpaired) electrons. The number of hydrogen-bond acceptors (Lipinski definition) is 2. The molecule has 1 aromatic rings. The molecule has 0 amide bonds. The minimum absolute atomic E-state index is 0.798. The van der Waals surface area contributed by atoms with Gasteiger partial charge in [-0.25, -0.2) is 0 Å². The SMILES string of the molecule is CCc1nn(CC)c(CNCCCBr)c1Cl. The molecule has 0 unspecified atom stereocenters. The molecule has 1 rings (SSSR count). The number of aromatic nitrogens is 2. The molecular formula is C11H19BrClN3. The number of halogens is 2. The van der Waals surface area contributed by atoms with Gasteiger partial charge >= 0.3 is 0 Å². The number of aryl methyl sites for hydroxylation is 2. The van der Waals surface area contributed by atoms with Crippen LogP contribution in [0.25, 0.3) is 0 Å². The van der Waals surface area contributed by atoms with Crippen LogP contribution in [0.5, 0.6) is 0 Å². The van der Waals surface area contributed by atoms with Gasteiger partial charge in [-0.1, -0.05) is 34.5 Å². The van der Waals surface area contributed by atoms with Crippen LogP contribution in [0, 0.1) is 0 Å². The Bertz CT molecular complexity index is 325. The van der Waals surface area contributed by atoms with Gasteiger partial charge in [-0.05, 0) is 26.3 Å². The average Bonchev–Trinajstić information content (AvgIpc) is 2.61. The normalized spacial score (nSPS) is 11.0. The van der Waals surface area contributed by atoms with Crippen molar-refractivity contribution in [1.29, 1.82) is 0 Å². The van der Waals surface area contributed by atoms with Crippen LogP contribution in [0.3, 0.4) is 0 Å². The van der Waals surface area contributed by atoms with Crippen molar-refractivity contribution in [2.75, 3.05) is 11.9 Å². The molecule has 0 fully saturated rings. The van der Waals surface area contributed by atoms with Gasteiger partial charge in [-0.2, -0.15) is 5.10 Å². The first-order chi connectivity index (χ1) is 7.74. The van der Waals surface area contributed by atoms with Crippen LogP contribution in [0.2, 0.25) is 5.02 Å². The summed E-state index contributed by atoms with van der Waals surface area (Å²) in [7, 11) is 0. The van der Waals surface area contributed by atoms with E-state index in [1.54, 1.807) is 0 Å². The van der Waals surface area contributed by atoms with E-state index in [2.05, 4.69) is 40.2 Å². The van der Waals surface area contributed by atoms with Gasteiger partial charge in [0.05, 0.1) is 16.4 Å². The Kier molecular flexibility index (Phi) is 6.39. The third kappa shape index (κ3) is 3.47. The van der Waals surface area contributed by atoms with Gasteiger partial charge < -0.3 is 5.32 Å². The zero-order valence-electron chi connectivity index (χ0n) is 9.89. The van der Waals surface area contributed by atoms with Crippen LogP contribution in [-0.4, -0.2) is 21.7 Å². The summed E-state index contributed by atoms with van der Waals surface area (Å²) in [5.41, 5.74) is 2.11. The number of nitrogens with one attached hydrogen (secondary N) is 1. The second kappa shape index (κ2) is 7.30. The Balaban J connectivity index is 2.65. The van der Waals surface area contributed by atoms with Crippen molar-refractivity contribution in [2.24, 2.45) is 0 Å². The van der Waals surface area contributed by atoms with E-state index >= 15 is 0 Å². The Hall–Kier alpha value is -0.0600. The molecule has 5 heteroatoms. The number of rotatable bonds is 7. The van der Waals surface area contributed by atoms with Crippen molar-refractivity contribution in [2.45, 2.75) is 39.8 Å². The number of nitrogens with zero attached hydrogens (tertiary/aromatic N) is 2. The molecule has 0 aliphatic rings. The largest absolute Gasteiger partial charge is 0.311 e. The molecule has 1 aromatic heterocycles. The van der Waals surface area contributed by atoms with Gasteiger partial charge in [0.2, 0.25) is 0 Å². The van der Waals surface area contributed by atoms with Gasteiger partial charge in [0, 0.05) is 18.4 Å². The highest BCUT2D eigenvalue weighted by Crippen LogP contribution is 2.21. The van der Waals surface area contributed by atoms with Gasteiger partial charge in [0.25, 0.3) is 0 Å². The van der Waals surface area contributed by atoms with E-state index in [1.165, 1.54) is 0 Å². The Labute approximate surface area is 111 Å². The molecule has 3 nitrogen and oxygen atoms in total. The van der Waals surface area contributed by atoms with E-state index in [-0.39, 0.29) is 0 Å². The third-order valence-electron chi connectivity index (χ3n) is 2.47. The molecule has 0 aliphatic heterocycles. The van der Waals surface area contributed by atoms with Crippen LogP contribution in [-0.2, 0) is 19.5 Å². The third-order valence-corrected chi connectivity index (χ3v) is 3.47. The van der Waals surface area contributed by atoms with E-state index in [0.29, 0.717) is 0 Å². The zero-order valence-corrected chi connectivity index (χ0v) is 12.2. The summed E-state index contributed by atoms with van der Waals surface area (Å²) in [6, 6.07) is 0. The topological polar surface area (TPSA) is 29.9 Å². The monoisotopic (exact) mass is 307 g/mol. The van der Waals surface area contributed by atoms with Gasteiger partial charge in [0.1, 0.15) is 0 Å². The number of alkyl halides is 1. The van der Waals surface area contributed by atoms with Crippen LogP contribution in [0.1, 0.15) is 31.7 Å². The van der Waals surface area contributed by atoms with Crippen molar-refractivity contribution in [3.63, 3.8) is 0 Å². The zero-order chi connectivity index (χ0) is 12.0. The van der Waals surface area contributed by atoms with E-state index in [4.69, 9.17) is 11.6 Å². The average molecular weight is 309 g/mol. The van der Waals surface area contributed by atoms with Crippen molar-refractivity contribution in [3.05, 3.63) is 16.4 Å². The lowest BCUT2D eigenvalue weighted by molar-refractivity contribution is 0.577. The summed E-state index contributed by atoms with van der Waals surface area (Å²) in [5.74, 6) is 0. The smallest absolute Gasteiger partial charge is 0.0863 e. The molecule has 0 atom stereocenters. The molecule has 92 valence electrons. The standard InChI is InChI=1S/C11H19BrClN3/c1-3-9-11(13)10(16(4-2)15-9)8-14-7-5-6-12/h14H,3-8H2,1-2H3. The van der Waals surface area contributed by atoms with Crippen LogP contribution in [0.4, 0.5) is 0 Å². The first kappa shape index (κ1) is 14.0. The lowest BCUT2D eigenvalue weighted by atomic mass is 10.3. The van der Waals surface area contributed by atoms with E-state index < -0.39 is 0 Å². The van der Waals surface area contributed by atoms with Crippen LogP contribution < -0.4 is 5.32 Å². The van der Waals surface area contributed by atoms with Crippen molar-refractivity contribution in [1.82, 2.24) is 15.1 Å². The minimum Gasteiger partial charge on any atom is -0.311 e. The molecule has 0 spiro atoms. The summed E-state index contributed by atoms with van der Waals surface area (Å²) in [6.45, 7) is 6.83. The maximum absolute atomic E-state index is 6.29. The van der Waals surface area contributed by atoms with E-state index in [0.717, 1.165) is 54.2 Å². The molecule has 0 saturated heterocycles. The lowest BCUT2D eigenvalue weighted by Crippen LogP contribution is -2.18. The van der Waals surface area contributed by atoms with Crippen LogP contribution in [0.15, 0.2) is 0 Å². The van der Waals surface area contributed by atoms with Gasteiger partial charge in [-0.15, -0.1) is 0 Å². The molecule has 1 heterocycles. The molecule has 0 bridgehead atoms. The summed E-state index contributed by atoms with van der Waals surface area (Å²) in [6.07, 6.45) is 2.01. The predicted octanol–water partition coefficient (Wildman–Crippen LogP) is 2.99. The lowest BCUT2D eigenvalue weighted by Gasteiger charge is -2.06. The second-order valence-corrected chi connectivity index (χ2v) is 4.77. The highest BCUT2D eigenvalue weighted by molar-refractivity contribution is 9.09. The maximum atomic E-state index is 6.29. The Morgan fingerprint density at radius 1 is 1.44 bits per heavy atom. The fraction of sp³-hybridized carbons (Fsp3) is 0.727. The summed E-state index contributed by atoms with van der Waals surface area (Å²) < 4.78 is 1.99. The first-order valence-corrected chi connectivity index (χ1v) is 7.25. The highest BCUT2D eigenvalue weighted by Gasteiger charge is 2.13. The van der Waals surface area contributed by atoms with Crippen molar-refractivity contribution >= 4 is 27.5 Å². The van der Waals surface area contributed by atoms with E-state index in [9.17, 15) is 0 Å². The summed E-state index contributed by atoms with van der Waals surface area (Å²) >= 11 is 9.70. The van der Waals surface area contributed by atoms with Gasteiger partial charge in [-0.3, -0.25) is 4.68 Å². The van der Waals surface area contributed by atoms with Gasteiger partial charge in [0.15, 0.2) is 0 Å². The summed E-state index contributed by atoms with van der Waals surface area (Å²) in [5, 5.41) is 9.72. The molecule has 0 aliphatic carbocycles. The molecule has 0 aromatic carbocycles. The molecule has 0 saturated carbocycles. The quantitative estimate of drug-likeness (QED) is 0.620. The van der Waals surface area contributed by atoms with Crippen molar-refractivity contribution < 1.29 is 0 Å². The summed E-state index contributed by atoms with van der Waals surface area (Å²) in [4.78, 5) is 0. The fourth-order valence-electron chi connectivity index (χ4n) is 1.58. The molecule has 16 heavy (non-hydrogen) atoms. The predicted molar refractivity (Wildman–Crippen MR) is 72.4 cm³/mol. The number of hydrogen-bond donors (Lipinski definition) is 1. The Morgan fingerprint density at radius 3 is 2.75 bits per heavy atom.